The van der Waals surface area contributed by atoms with Crippen molar-refractivity contribution in [1.29, 1.82) is 0 Å². The summed E-state index contributed by atoms with van der Waals surface area (Å²) in [6.45, 7) is 0. The van der Waals surface area contributed by atoms with Crippen LogP contribution >= 0.6 is 11.8 Å². The summed E-state index contributed by atoms with van der Waals surface area (Å²) in [6.07, 6.45) is 0. The Labute approximate surface area is 128 Å². The molecule has 3 heteroatoms. The van der Waals surface area contributed by atoms with Gasteiger partial charge in [0.1, 0.15) is 0 Å². The van der Waals surface area contributed by atoms with Gasteiger partial charge in [0.15, 0.2) is 0 Å². The fourth-order valence-corrected chi connectivity index (χ4v) is 3.17. The lowest BCUT2D eigenvalue weighted by atomic mass is 10.0. The number of nitrogen functional groups attached to an aromatic ring is 2. The zero-order chi connectivity index (χ0) is 14.7. The first-order valence-electron chi connectivity index (χ1n) is 6.71. The Morgan fingerprint density at radius 1 is 0.667 bits per heavy atom. The number of nitrogens with two attached hydrogens (primary N) is 2. The average Bonchev–Trinajstić information content (AvgIpc) is 2.48. The molecule has 0 aromatic heterocycles. The summed E-state index contributed by atoms with van der Waals surface area (Å²) >= 11 is 1.70. The lowest BCUT2D eigenvalue weighted by Gasteiger charge is -2.09. The predicted octanol–water partition coefficient (Wildman–Crippen LogP) is 4.67. The van der Waals surface area contributed by atoms with E-state index < -0.39 is 0 Å². The molecule has 0 saturated heterocycles. The van der Waals surface area contributed by atoms with Crippen LogP contribution < -0.4 is 11.5 Å². The van der Waals surface area contributed by atoms with E-state index in [0.717, 1.165) is 27.4 Å². The van der Waals surface area contributed by atoms with Crippen LogP contribution in [0.1, 0.15) is 0 Å². The van der Waals surface area contributed by atoms with Crippen molar-refractivity contribution in [2.24, 2.45) is 0 Å². The third-order valence-electron chi connectivity index (χ3n) is 3.18. The largest absolute Gasteiger partial charge is 0.399 e. The van der Waals surface area contributed by atoms with Crippen molar-refractivity contribution in [3.05, 3.63) is 72.8 Å². The Kier molecular flexibility index (Phi) is 3.84. The number of rotatable bonds is 3. The summed E-state index contributed by atoms with van der Waals surface area (Å²) in [5.74, 6) is 0. The first-order chi connectivity index (χ1) is 10.2. The fourth-order valence-electron chi connectivity index (χ4n) is 2.22. The van der Waals surface area contributed by atoms with Gasteiger partial charge in [0.2, 0.25) is 0 Å². The predicted molar refractivity (Wildman–Crippen MR) is 91.3 cm³/mol. The molecule has 0 spiro atoms. The third kappa shape index (κ3) is 3.20. The van der Waals surface area contributed by atoms with E-state index in [1.165, 1.54) is 4.90 Å². The molecule has 0 saturated carbocycles. The van der Waals surface area contributed by atoms with E-state index in [1.54, 1.807) is 11.8 Å². The molecule has 0 bridgehead atoms. The summed E-state index contributed by atoms with van der Waals surface area (Å²) in [5, 5.41) is 0. The highest BCUT2D eigenvalue weighted by molar-refractivity contribution is 7.99. The monoisotopic (exact) mass is 292 g/mol. The van der Waals surface area contributed by atoms with Gasteiger partial charge in [-0.05, 0) is 42.0 Å². The SMILES string of the molecule is Nc1cc(Sc2ccccc2)cc(-c2ccccc2N)c1. The highest BCUT2D eigenvalue weighted by atomic mass is 32.2. The Morgan fingerprint density at radius 2 is 1.38 bits per heavy atom. The number of hydrogen-bond acceptors (Lipinski definition) is 3. The molecular weight excluding hydrogens is 276 g/mol. The average molecular weight is 292 g/mol. The van der Waals surface area contributed by atoms with Gasteiger partial charge >= 0.3 is 0 Å². The maximum atomic E-state index is 6.06. The van der Waals surface area contributed by atoms with Gasteiger partial charge in [0, 0.05) is 26.7 Å². The van der Waals surface area contributed by atoms with Gasteiger partial charge in [0.25, 0.3) is 0 Å². The minimum atomic E-state index is 0.745. The second-order valence-electron chi connectivity index (χ2n) is 4.79. The fraction of sp³-hybridized carbons (Fsp3) is 0. The molecule has 2 nitrogen and oxygen atoms in total. The molecule has 104 valence electrons. The quantitative estimate of drug-likeness (QED) is 0.690. The summed E-state index contributed by atoms with van der Waals surface area (Å²) < 4.78 is 0. The number of hydrogen-bond donors (Lipinski definition) is 2. The van der Waals surface area contributed by atoms with E-state index in [2.05, 4.69) is 18.2 Å². The van der Waals surface area contributed by atoms with Crippen molar-refractivity contribution >= 4 is 23.1 Å². The van der Waals surface area contributed by atoms with Gasteiger partial charge in [-0.1, -0.05) is 48.2 Å². The van der Waals surface area contributed by atoms with Crippen molar-refractivity contribution in [2.75, 3.05) is 11.5 Å². The van der Waals surface area contributed by atoms with Crippen LogP contribution in [-0.4, -0.2) is 0 Å². The zero-order valence-electron chi connectivity index (χ0n) is 11.5. The smallest absolute Gasteiger partial charge is 0.0393 e. The molecule has 0 heterocycles. The summed E-state index contributed by atoms with van der Waals surface area (Å²) in [5.41, 5.74) is 15.7. The number of anilines is 2. The van der Waals surface area contributed by atoms with Crippen molar-refractivity contribution in [3.8, 4) is 11.1 Å². The van der Waals surface area contributed by atoms with E-state index in [1.807, 2.05) is 54.6 Å². The lowest BCUT2D eigenvalue weighted by Crippen LogP contribution is -1.92. The molecule has 0 amide bonds. The molecule has 3 rings (SSSR count). The molecule has 0 aliphatic rings. The van der Waals surface area contributed by atoms with Crippen LogP contribution in [0.15, 0.2) is 82.6 Å². The molecule has 0 radical (unpaired) electrons. The highest BCUT2D eigenvalue weighted by Crippen LogP contribution is 2.34. The molecule has 3 aromatic carbocycles. The van der Waals surface area contributed by atoms with Crippen LogP contribution in [0.3, 0.4) is 0 Å². The van der Waals surface area contributed by atoms with Crippen molar-refractivity contribution in [1.82, 2.24) is 0 Å². The molecule has 3 aromatic rings. The lowest BCUT2D eigenvalue weighted by molar-refractivity contribution is 1.40. The normalized spacial score (nSPS) is 10.5. The molecular formula is C18H16N2S. The second kappa shape index (κ2) is 5.94. The van der Waals surface area contributed by atoms with Crippen LogP contribution in [0.2, 0.25) is 0 Å². The van der Waals surface area contributed by atoms with E-state index in [0.29, 0.717) is 0 Å². The molecule has 0 unspecified atom stereocenters. The minimum absolute atomic E-state index is 0.745. The van der Waals surface area contributed by atoms with Gasteiger partial charge in [-0.15, -0.1) is 0 Å². The summed E-state index contributed by atoms with van der Waals surface area (Å²) in [6, 6.07) is 24.2. The van der Waals surface area contributed by atoms with Crippen LogP contribution in [0.25, 0.3) is 11.1 Å². The minimum Gasteiger partial charge on any atom is -0.399 e. The molecule has 0 atom stereocenters. The highest BCUT2D eigenvalue weighted by Gasteiger charge is 2.06. The topological polar surface area (TPSA) is 52.0 Å². The number of benzene rings is 3. The standard InChI is InChI=1S/C18H16N2S/c19-14-10-13(17-8-4-5-9-18(17)20)11-16(12-14)21-15-6-2-1-3-7-15/h1-12H,19-20H2. The maximum Gasteiger partial charge on any atom is 0.0393 e. The van der Waals surface area contributed by atoms with Crippen molar-refractivity contribution in [2.45, 2.75) is 9.79 Å². The Morgan fingerprint density at radius 3 is 2.14 bits per heavy atom. The third-order valence-corrected chi connectivity index (χ3v) is 4.16. The molecule has 0 aliphatic heterocycles. The van der Waals surface area contributed by atoms with Crippen molar-refractivity contribution in [3.63, 3.8) is 0 Å². The second-order valence-corrected chi connectivity index (χ2v) is 5.94. The van der Waals surface area contributed by atoms with Gasteiger partial charge in [-0.2, -0.15) is 0 Å². The Balaban J connectivity index is 1.99. The van der Waals surface area contributed by atoms with Gasteiger partial charge < -0.3 is 11.5 Å². The van der Waals surface area contributed by atoms with Crippen molar-refractivity contribution < 1.29 is 0 Å². The summed E-state index contributed by atoms with van der Waals surface area (Å²) in [7, 11) is 0. The van der Waals surface area contributed by atoms with Gasteiger partial charge in [-0.25, -0.2) is 0 Å². The number of para-hydroxylation sites is 1. The van der Waals surface area contributed by atoms with E-state index in [9.17, 15) is 0 Å². The van der Waals surface area contributed by atoms with E-state index in [4.69, 9.17) is 11.5 Å². The van der Waals surface area contributed by atoms with Gasteiger partial charge in [-0.3, -0.25) is 0 Å². The molecule has 0 fully saturated rings. The van der Waals surface area contributed by atoms with E-state index in [-0.39, 0.29) is 0 Å². The maximum absolute atomic E-state index is 6.06. The molecule has 21 heavy (non-hydrogen) atoms. The first-order valence-corrected chi connectivity index (χ1v) is 7.52. The van der Waals surface area contributed by atoms with Gasteiger partial charge in [0.05, 0.1) is 0 Å². The van der Waals surface area contributed by atoms with E-state index >= 15 is 0 Å². The molecule has 0 aliphatic carbocycles. The molecule has 4 N–H and O–H groups in total. The Hall–Kier alpha value is -2.39. The van der Waals surface area contributed by atoms with Crippen LogP contribution in [0, 0.1) is 0 Å². The van der Waals surface area contributed by atoms with Crippen LogP contribution in [0.5, 0.6) is 0 Å². The first kappa shape index (κ1) is 13.6. The summed E-state index contributed by atoms with van der Waals surface area (Å²) in [4.78, 5) is 2.30. The van der Waals surface area contributed by atoms with Crippen LogP contribution in [0.4, 0.5) is 11.4 Å². The van der Waals surface area contributed by atoms with Crippen LogP contribution in [-0.2, 0) is 0 Å². The zero-order valence-corrected chi connectivity index (χ0v) is 12.3. The Bertz CT molecular complexity index is 754.